The Morgan fingerprint density at radius 2 is 2.13 bits per heavy atom. The number of anilines is 1. The maximum absolute atomic E-state index is 12.7. The molecule has 7 nitrogen and oxygen atoms in total. The van der Waals surface area contributed by atoms with Crippen LogP contribution in [0.3, 0.4) is 0 Å². The number of thiophene rings is 1. The van der Waals surface area contributed by atoms with Crippen molar-refractivity contribution in [2.75, 3.05) is 25.4 Å². The highest BCUT2D eigenvalue weighted by Crippen LogP contribution is 2.46. The molecule has 0 unspecified atom stereocenters. The van der Waals surface area contributed by atoms with Crippen molar-refractivity contribution < 1.29 is 9.53 Å². The SMILES string of the molecule is Nc1cccc(-c2cc3c(s2)CCOC32CCN(C(=O)CCc3cnccn3)CC2)n1. The largest absolute Gasteiger partial charge is 0.384 e. The van der Waals surface area contributed by atoms with Gasteiger partial charge in [0.15, 0.2) is 0 Å². The maximum Gasteiger partial charge on any atom is 0.222 e. The van der Waals surface area contributed by atoms with Gasteiger partial charge in [-0.1, -0.05) is 6.07 Å². The second-order valence-electron chi connectivity index (χ2n) is 8.07. The van der Waals surface area contributed by atoms with Crippen molar-refractivity contribution in [3.63, 3.8) is 0 Å². The number of nitrogens with zero attached hydrogens (tertiary/aromatic N) is 4. The first-order chi connectivity index (χ1) is 15.1. The van der Waals surface area contributed by atoms with Crippen molar-refractivity contribution in [2.24, 2.45) is 0 Å². The summed E-state index contributed by atoms with van der Waals surface area (Å²) < 4.78 is 6.37. The van der Waals surface area contributed by atoms with Crippen molar-refractivity contribution in [3.8, 4) is 10.6 Å². The van der Waals surface area contributed by atoms with E-state index in [1.54, 1.807) is 36.0 Å². The lowest BCUT2D eigenvalue weighted by atomic mass is 9.82. The number of pyridine rings is 1. The average Bonchev–Trinajstić information content (AvgIpc) is 3.25. The number of hydrogen-bond acceptors (Lipinski definition) is 7. The number of aryl methyl sites for hydroxylation is 1. The quantitative estimate of drug-likeness (QED) is 0.676. The fourth-order valence-corrected chi connectivity index (χ4v) is 5.72. The lowest BCUT2D eigenvalue weighted by Gasteiger charge is -2.44. The first-order valence-electron chi connectivity index (χ1n) is 10.7. The fraction of sp³-hybridized carbons (Fsp3) is 0.391. The van der Waals surface area contributed by atoms with E-state index in [9.17, 15) is 4.79 Å². The number of carbonyl (C=O) groups excluding carboxylic acids is 1. The monoisotopic (exact) mass is 435 g/mol. The summed E-state index contributed by atoms with van der Waals surface area (Å²) in [5, 5.41) is 0. The molecule has 8 heteroatoms. The summed E-state index contributed by atoms with van der Waals surface area (Å²) in [4.78, 5) is 30.0. The number of piperidine rings is 1. The van der Waals surface area contributed by atoms with Gasteiger partial charge >= 0.3 is 0 Å². The third-order valence-electron chi connectivity index (χ3n) is 6.17. The molecule has 3 aromatic rings. The maximum atomic E-state index is 12.7. The first-order valence-corrected chi connectivity index (χ1v) is 11.5. The van der Waals surface area contributed by atoms with Gasteiger partial charge in [-0.2, -0.15) is 0 Å². The van der Waals surface area contributed by atoms with Crippen LogP contribution in [0.5, 0.6) is 0 Å². The Bertz CT molecular complexity index is 1080. The lowest BCUT2D eigenvalue weighted by Crippen LogP contribution is -2.48. The molecule has 1 fully saturated rings. The second kappa shape index (κ2) is 8.36. The van der Waals surface area contributed by atoms with Crippen LogP contribution >= 0.6 is 11.3 Å². The molecule has 31 heavy (non-hydrogen) atoms. The summed E-state index contributed by atoms with van der Waals surface area (Å²) in [5.41, 5.74) is 8.62. The molecule has 5 heterocycles. The van der Waals surface area contributed by atoms with Gasteiger partial charge in [0.25, 0.3) is 0 Å². The van der Waals surface area contributed by atoms with Crippen molar-refractivity contribution in [2.45, 2.75) is 37.7 Å². The Morgan fingerprint density at radius 3 is 2.90 bits per heavy atom. The zero-order chi connectivity index (χ0) is 21.3. The molecule has 1 amide bonds. The van der Waals surface area contributed by atoms with Gasteiger partial charge in [-0.05, 0) is 43.0 Å². The normalized spacial score (nSPS) is 17.5. The van der Waals surface area contributed by atoms with Crippen LogP contribution in [0.2, 0.25) is 0 Å². The van der Waals surface area contributed by atoms with Crippen molar-refractivity contribution in [1.82, 2.24) is 19.9 Å². The Labute approximate surface area is 185 Å². The van der Waals surface area contributed by atoms with Gasteiger partial charge in [-0.15, -0.1) is 11.3 Å². The van der Waals surface area contributed by atoms with Crippen molar-refractivity contribution >= 4 is 23.1 Å². The van der Waals surface area contributed by atoms with E-state index in [-0.39, 0.29) is 11.5 Å². The van der Waals surface area contributed by atoms with E-state index >= 15 is 0 Å². The van der Waals surface area contributed by atoms with Crippen LogP contribution in [-0.4, -0.2) is 45.5 Å². The number of aromatic nitrogens is 3. The molecule has 0 radical (unpaired) electrons. The molecule has 1 spiro atoms. The molecule has 1 saturated heterocycles. The molecule has 2 aliphatic rings. The molecule has 160 valence electrons. The lowest BCUT2D eigenvalue weighted by molar-refractivity contribution is -0.140. The van der Waals surface area contributed by atoms with Gasteiger partial charge in [0.2, 0.25) is 5.91 Å². The molecule has 0 aliphatic carbocycles. The predicted octanol–water partition coefficient (Wildman–Crippen LogP) is 3.21. The van der Waals surface area contributed by atoms with E-state index in [2.05, 4.69) is 21.0 Å². The highest BCUT2D eigenvalue weighted by atomic mass is 32.1. The highest BCUT2D eigenvalue weighted by Gasteiger charge is 2.42. The van der Waals surface area contributed by atoms with E-state index < -0.39 is 0 Å². The summed E-state index contributed by atoms with van der Waals surface area (Å²) in [7, 11) is 0. The summed E-state index contributed by atoms with van der Waals surface area (Å²) >= 11 is 1.79. The number of ether oxygens (including phenoxy) is 1. The van der Waals surface area contributed by atoms with Gasteiger partial charge in [0, 0.05) is 49.4 Å². The number of nitrogen functional groups attached to an aromatic ring is 1. The number of rotatable bonds is 4. The Kier molecular flexibility index (Phi) is 5.41. The average molecular weight is 436 g/mol. The molecule has 2 N–H and O–H groups in total. The third-order valence-corrected chi connectivity index (χ3v) is 7.38. The number of nitrogens with two attached hydrogens (primary N) is 1. The van der Waals surface area contributed by atoms with E-state index in [1.165, 1.54) is 10.4 Å². The van der Waals surface area contributed by atoms with Crippen molar-refractivity contribution in [3.05, 3.63) is 59.0 Å². The van der Waals surface area contributed by atoms with Gasteiger partial charge in [-0.3, -0.25) is 14.8 Å². The molecule has 0 bridgehead atoms. The molecule has 0 saturated carbocycles. The highest BCUT2D eigenvalue weighted by molar-refractivity contribution is 7.15. The zero-order valence-electron chi connectivity index (χ0n) is 17.3. The van der Waals surface area contributed by atoms with Gasteiger partial charge < -0.3 is 15.4 Å². The van der Waals surface area contributed by atoms with Crippen LogP contribution in [0.4, 0.5) is 5.82 Å². The zero-order valence-corrected chi connectivity index (χ0v) is 18.1. The summed E-state index contributed by atoms with van der Waals surface area (Å²) in [5.74, 6) is 0.703. The first kappa shape index (κ1) is 20.1. The van der Waals surface area contributed by atoms with Gasteiger partial charge in [-0.25, -0.2) is 4.98 Å². The third kappa shape index (κ3) is 4.05. The minimum Gasteiger partial charge on any atom is -0.384 e. The standard InChI is InChI=1S/C23H25N5O2S/c24-21-3-1-2-18(27-21)20-14-17-19(31-20)6-13-30-23(17)7-11-28(12-8-23)22(29)5-4-16-15-25-9-10-26-16/h1-3,9-10,14-15H,4-8,11-13H2,(H2,24,27). The van der Waals surface area contributed by atoms with Crippen LogP contribution < -0.4 is 5.73 Å². The van der Waals surface area contributed by atoms with E-state index in [0.29, 0.717) is 31.7 Å². The minimum atomic E-state index is -0.301. The van der Waals surface area contributed by atoms with Crippen LogP contribution in [-0.2, 0) is 28.0 Å². The Hall–Kier alpha value is -2.84. The number of amides is 1. The minimum absolute atomic E-state index is 0.173. The second-order valence-corrected chi connectivity index (χ2v) is 9.20. The van der Waals surface area contributed by atoms with E-state index in [4.69, 9.17) is 10.5 Å². The molecular weight excluding hydrogens is 410 g/mol. The molecule has 2 aliphatic heterocycles. The predicted molar refractivity (Wildman–Crippen MR) is 119 cm³/mol. The molecule has 0 aromatic carbocycles. The molecule has 3 aromatic heterocycles. The van der Waals surface area contributed by atoms with Crippen LogP contribution in [0, 0.1) is 0 Å². The Balaban J connectivity index is 1.28. The van der Waals surface area contributed by atoms with Gasteiger partial charge in [0.05, 0.1) is 28.5 Å². The van der Waals surface area contributed by atoms with Gasteiger partial charge in [0.1, 0.15) is 5.82 Å². The van der Waals surface area contributed by atoms with Crippen LogP contribution in [0.25, 0.3) is 10.6 Å². The number of likely N-dealkylation sites (tertiary alicyclic amines) is 1. The topological polar surface area (TPSA) is 94.2 Å². The van der Waals surface area contributed by atoms with Crippen molar-refractivity contribution in [1.29, 1.82) is 0 Å². The van der Waals surface area contributed by atoms with E-state index in [0.717, 1.165) is 42.1 Å². The van der Waals surface area contributed by atoms with E-state index in [1.807, 2.05) is 17.0 Å². The molecular formula is C23H25N5O2S. The summed E-state index contributed by atoms with van der Waals surface area (Å²) in [6, 6.07) is 7.97. The fourth-order valence-electron chi connectivity index (χ4n) is 4.52. The van der Waals surface area contributed by atoms with Crippen LogP contribution in [0.1, 0.15) is 35.4 Å². The number of fused-ring (bicyclic) bond motifs is 2. The smallest absolute Gasteiger partial charge is 0.222 e. The summed E-state index contributed by atoms with van der Waals surface area (Å²) in [6.45, 7) is 2.14. The number of carbonyl (C=O) groups is 1. The molecule has 5 rings (SSSR count). The summed E-state index contributed by atoms with van der Waals surface area (Å²) in [6.07, 6.45) is 8.67. The van der Waals surface area contributed by atoms with Crippen LogP contribution in [0.15, 0.2) is 42.9 Å². The Morgan fingerprint density at radius 1 is 1.26 bits per heavy atom. The molecule has 0 atom stereocenters. The number of hydrogen-bond donors (Lipinski definition) is 1.